The number of phosphoric ester groups is 2. The van der Waals surface area contributed by atoms with E-state index in [0.29, 0.717) is 31.6 Å². The van der Waals surface area contributed by atoms with Crippen LogP contribution in [-0.4, -0.2) is 96.7 Å². The molecular formula is C78H152O17P2. The van der Waals surface area contributed by atoms with E-state index in [1.807, 2.05) is 0 Å². The molecule has 2 unspecified atom stereocenters. The predicted molar refractivity (Wildman–Crippen MR) is 395 cm³/mol. The molecule has 0 fully saturated rings. The first-order valence-corrected chi connectivity index (χ1v) is 43.6. The second-order valence-electron chi connectivity index (χ2n) is 28.6. The second kappa shape index (κ2) is 71.1. The maximum absolute atomic E-state index is 13.1. The summed E-state index contributed by atoms with van der Waals surface area (Å²) in [5, 5.41) is 10.6. The smallest absolute Gasteiger partial charge is 0.462 e. The zero-order chi connectivity index (χ0) is 71.2. The van der Waals surface area contributed by atoms with Gasteiger partial charge in [0.1, 0.15) is 19.3 Å². The minimum Gasteiger partial charge on any atom is -0.462 e. The Morgan fingerprint density at radius 2 is 0.474 bits per heavy atom. The van der Waals surface area contributed by atoms with Crippen molar-refractivity contribution >= 4 is 39.5 Å². The molecule has 0 aliphatic rings. The van der Waals surface area contributed by atoms with Crippen LogP contribution in [-0.2, 0) is 65.4 Å². The van der Waals surface area contributed by atoms with E-state index in [2.05, 4.69) is 34.6 Å². The molecule has 0 aromatic carbocycles. The molecule has 0 saturated heterocycles. The summed E-state index contributed by atoms with van der Waals surface area (Å²) in [5.74, 6) is -1.42. The molecule has 0 saturated carbocycles. The van der Waals surface area contributed by atoms with E-state index in [9.17, 15) is 43.2 Å². The maximum Gasteiger partial charge on any atom is 0.472 e. The molecule has 0 bridgehead atoms. The van der Waals surface area contributed by atoms with Gasteiger partial charge in [-0.2, -0.15) is 0 Å². The summed E-state index contributed by atoms with van der Waals surface area (Å²) >= 11 is 0. The molecule has 0 aromatic rings. The topological polar surface area (TPSA) is 237 Å². The van der Waals surface area contributed by atoms with Crippen molar-refractivity contribution < 1.29 is 80.2 Å². The van der Waals surface area contributed by atoms with Crippen LogP contribution in [0.25, 0.3) is 0 Å². The number of esters is 4. The number of hydrogen-bond donors (Lipinski definition) is 3. The lowest BCUT2D eigenvalue weighted by Crippen LogP contribution is -2.30. The summed E-state index contributed by atoms with van der Waals surface area (Å²) in [5.41, 5.74) is 0. The number of hydrogen-bond acceptors (Lipinski definition) is 15. The van der Waals surface area contributed by atoms with Crippen LogP contribution in [0.3, 0.4) is 0 Å². The van der Waals surface area contributed by atoms with Gasteiger partial charge in [0.15, 0.2) is 12.2 Å². The van der Waals surface area contributed by atoms with Crippen molar-refractivity contribution in [3.05, 3.63) is 0 Å². The Morgan fingerprint density at radius 3 is 0.701 bits per heavy atom. The Morgan fingerprint density at radius 1 is 0.278 bits per heavy atom. The molecule has 0 aliphatic carbocycles. The summed E-state index contributed by atoms with van der Waals surface area (Å²) < 4.78 is 68.5. The minimum atomic E-state index is -4.96. The van der Waals surface area contributed by atoms with Gasteiger partial charge < -0.3 is 33.8 Å². The normalized spacial score (nSPS) is 13.9. The molecule has 0 rings (SSSR count). The molecule has 0 aromatic heterocycles. The van der Waals surface area contributed by atoms with Crippen LogP contribution in [0, 0.1) is 5.92 Å². The molecular weight excluding hydrogens is 1270 g/mol. The molecule has 97 heavy (non-hydrogen) atoms. The SMILES string of the molecule is CCCCCCCCCCCCCCCCCCCCCCC(=O)O[C@H](COC(=O)CCCCCCCCCCCCCCCCCCCCC)COP(=O)(O)OC[C@@H](O)COP(=O)(O)OC[C@@H](COC(=O)CCCCCCCCCC)OC(=O)CCCCCCCCCC(C)C. The highest BCUT2D eigenvalue weighted by atomic mass is 31.2. The molecule has 0 spiro atoms. The van der Waals surface area contributed by atoms with Gasteiger partial charge in [-0.25, -0.2) is 9.13 Å². The molecule has 5 atom stereocenters. The number of phosphoric acid groups is 2. The van der Waals surface area contributed by atoms with Gasteiger partial charge in [-0.3, -0.25) is 37.3 Å². The van der Waals surface area contributed by atoms with Crippen molar-refractivity contribution in [3.63, 3.8) is 0 Å². The zero-order valence-corrected chi connectivity index (χ0v) is 65.0. The fourth-order valence-corrected chi connectivity index (χ4v) is 13.6. The number of carbonyl (C=O) groups is 4. The van der Waals surface area contributed by atoms with Crippen molar-refractivity contribution in [1.29, 1.82) is 0 Å². The largest absolute Gasteiger partial charge is 0.472 e. The van der Waals surface area contributed by atoms with E-state index >= 15 is 0 Å². The predicted octanol–water partition coefficient (Wildman–Crippen LogP) is 23.3. The number of aliphatic hydroxyl groups excluding tert-OH is 1. The fraction of sp³-hybridized carbons (Fsp3) is 0.949. The van der Waals surface area contributed by atoms with Crippen LogP contribution >= 0.6 is 15.6 Å². The first-order chi connectivity index (χ1) is 47.0. The van der Waals surface area contributed by atoms with Crippen molar-refractivity contribution in [2.75, 3.05) is 39.6 Å². The van der Waals surface area contributed by atoms with E-state index in [1.54, 1.807) is 0 Å². The van der Waals surface area contributed by atoms with Gasteiger partial charge >= 0.3 is 39.5 Å². The lowest BCUT2D eigenvalue weighted by atomic mass is 10.0. The number of unbranched alkanes of at least 4 members (excludes halogenated alkanes) is 50. The monoisotopic (exact) mass is 1420 g/mol. The lowest BCUT2D eigenvalue weighted by Gasteiger charge is -2.21. The first-order valence-electron chi connectivity index (χ1n) is 40.6. The highest BCUT2D eigenvalue weighted by molar-refractivity contribution is 7.47. The number of carbonyl (C=O) groups excluding carboxylic acids is 4. The van der Waals surface area contributed by atoms with Crippen LogP contribution in [0.4, 0.5) is 0 Å². The molecule has 576 valence electrons. The number of rotatable bonds is 78. The van der Waals surface area contributed by atoms with Gasteiger partial charge in [-0.15, -0.1) is 0 Å². The second-order valence-corrected chi connectivity index (χ2v) is 31.5. The van der Waals surface area contributed by atoms with Crippen LogP contribution in [0.1, 0.15) is 413 Å². The average Bonchev–Trinajstić information content (AvgIpc) is 1.10. The van der Waals surface area contributed by atoms with Crippen LogP contribution < -0.4 is 0 Å². The standard InChI is InChI=1S/C78H152O17P2/c1-6-9-12-15-18-21-23-25-27-29-31-33-35-37-39-41-43-48-53-58-63-77(82)94-73(68-89-76(81)62-57-52-47-42-40-38-36-34-32-30-28-26-24-22-19-16-13-10-7-2)69-92-96(84,85)90-65-72(79)66-91-97(86,87)93-70-74(67-88-75(80)61-56-51-46-20-17-14-11-8-3)95-78(83)64-59-54-49-44-45-50-55-60-71(4)5/h71-74,79H,6-70H2,1-5H3,(H,84,85)(H,86,87)/t72-,73-,74-/m1/s1. The summed E-state index contributed by atoms with van der Waals surface area (Å²) in [6.45, 7) is 7.21. The van der Waals surface area contributed by atoms with Gasteiger partial charge in [0.05, 0.1) is 26.4 Å². The summed E-state index contributed by atoms with van der Waals surface area (Å²) in [6, 6.07) is 0. The highest BCUT2D eigenvalue weighted by Crippen LogP contribution is 2.45. The molecule has 0 radical (unpaired) electrons. The van der Waals surface area contributed by atoms with Gasteiger partial charge in [-0.05, 0) is 31.6 Å². The van der Waals surface area contributed by atoms with Crippen LogP contribution in [0.15, 0.2) is 0 Å². The molecule has 3 N–H and O–H groups in total. The van der Waals surface area contributed by atoms with E-state index in [4.69, 9.17) is 37.0 Å². The van der Waals surface area contributed by atoms with Crippen LogP contribution in [0.2, 0.25) is 0 Å². The molecule has 0 amide bonds. The number of ether oxygens (including phenoxy) is 4. The fourth-order valence-electron chi connectivity index (χ4n) is 12.1. The van der Waals surface area contributed by atoms with Gasteiger partial charge in [-0.1, -0.05) is 362 Å². The molecule has 0 aliphatic heterocycles. The number of aliphatic hydroxyl groups is 1. The van der Waals surface area contributed by atoms with Crippen LogP contribution in [0.5, 0.6) is 0 Å². The third-order valence-corrected chi connectivity index (χ3v) is 20.2. The quantitative estimate of drug-likeness (QED) is 0.0222. The summed E-state index contributed by atoms with van der Waals surface area (Å²) in [6.07, 6.45) is 61.4. The molecule has 19 heteroatoms. The Balaban J connectivity index is 5.16. The zero-order valence-electron chi connectivity index (χ0n) is 63.2. The Hall–Kier alpha value is -1.94. The third kappa shape index (κ3) is 72.2. The van der Waals surface area contributed by atoms with Gasteiger partial charge in [0, 0.05) is 25.7 Å². The van der Waals surface area contributed by atoms with Crippen molar-refractivity contribution in [3.8, 4) is 0 Å². The third-order valence-electron chi connectivity index (χ3n) is 18.3. The first kappa shape index (κ1) is 95.1. The van der Waals surface area contributed by atoms with E-state index < -0.39 is 97.5 Å². The van der Waals surface area contributed by atoms with E-state index in [-0.39, 0.29) is 25.7 Å². The van der Waals surface area contributed by atoms with Gasteiger partial charge in [0.2, 0.25) is 0 Å². The van der Waals surface area contributed by atoms with Crippen molar-refractivity contribution in [2.24, 2.45) is 5.92 Å². The molecule has 17 nitrogen and oxygen atoms in total. The molecule has 0 heterocycles. The van der Waals surface area contributed by atoms with Crippen molar-refractivity contribution in [2.45, 2.75) is 432 Å². The van der Waals surface area contributed by atoms with Crippen molar-refractivity contribution in [1.82, 2.24) is 0 Å². The van der Waals surface area contributed by atoms with Gasteiger partial charge in [0.25, 0.3) is 0 Å². The minimum absolute atomic E-state index is 0.104. The Labute approximate surface area is 594 Å². The lowest BCUT2D eigenvalue weighted by molar-refractivity contribution is -0.161. The average molecular weight is 1420 g/mol. The Bertz CT molecular complexity index is 1860. The highest BCUT2D eigenvalue weighted by Gasteiger charge is 2.30. The summed E-state index contributed by atoms with van der Waals surface area (Å²) in [7, 11) is -9.91. The summed E-state index contributed by atoms with van der Waals surface area (Å²) in [4.78, 5) is 72.7. The Kier molecular flexibility index (Phi) is 69.6. The van der Waals surface area contributed by atoms with E-state index in [1.165, 1.54) is 231 Å². The van der Waals surface area contributed by atoms with E-state index in [0.717, 1.165) is 96.3 Å². The maximum atomic E-state index is 13.1.